The maximum absolute atomic E-state index is 9.01. The third-order valence-corrected chi connectivity index (χ3v) is 3.33. The fraction of sp³-hybridized carbons (Fsp3) is 0.125. The molecule has 0 aliphatic heterocycles. The molecule has 0 atom stereocenters. The second kappa shape index (κ2) is 4.71. The fourth-order valence-electron chi connectivity index (χ4n) is 2.37. The minimum absolute atomic E-state index is 0.469. The van der Waals surface area contributed by atoms with Crippen LogP contribution < -0.4 is 5.73 Å². The quantitative estimate of drug-likeness (QED) is 0.772. The lowest BCUT2D eigenvalue weighted by molar-refractivity contribution is 0.837. The lowest BCUT2D eigenvalue weighted by Gasteiger charge is -2.07. The average molecular weight is 262 g/mol. The van der Waals surface area contributed by atoms with Crippen molar-refractivity contribution in [3.05, 3.63) is 59.2 Å². The zero-order chi connectivity index (χ0) is 14.1. The Hall–Kier alpha value is -2.80. The number of fused-ring (bicyclic) bond motifs is 1. The van der Waals surface area contributed by atoms with Crippen LogP contribution in [0.15, 0.2) is 42.5 Å². The van der Waals surface area contributed by atoms with E-state index in [0.717, 1.165) is 11.0 Å². The number of aromatic nitrogens is 2. The largest absolute Gasteiger partial charge is 0.369 e. The number of rotatable bonds is 2. The standard InChI is InChI=1S/C16H14N4/c1-11-3-2-4-13(7-11)10-20-15-8-12(9-17)5-6-14(15)19-16(20)18/h2-8H,10H2,1H3,(H2,18,19). The van der Waals surface area contributed by atoms with Gasteiger partial charge in [0.25, 0.3) is 0 Å². The molecule has 0 saturated heterocycles. The first-order valence-electron chi connectivity index (χ1n) is 6.39. The molecule has 3 rings (SSSR count). The van der Waals surface area contributed by atoms with Crippen LogP contribution in [-0.4, -0.2) is 9.55 Å². The molecular formula is C16H14N4. The summed E-state index contributed by atoms with van der Waals surface area (Å²) in [6.45, 7) is 2.71. The number of nitrogens with zero attached hydrogens (tertiary/aromatic N) is 3. The van der Waals surface area contributed by atoms with Crippen molar-refractivity contribution in [3.8, 4) is 6.07 Å². The Bertz CT molecular complexity index is 824. The van der Waals surface area contributed by atoms with Gasteiger partial charge in [-0.3, -0.25) is 0 Å². The van der Waals surface area contributed by atoms with Crippen molar-refractivity contribution in [3.63, 3.8) is 0 Å². The number of anilines is 1. The molecule has 0 unspecified atom stereocenters. The number of nitrogen functional groups attached to an aromatic ring is 1. The van der Waals surface area contributed by atoms with Crippen molar-refractivity contribution in [2.75, 3.05) is 5.73 Å². The molecular weight excluding hydrogens is 248 g/mol. The maximum Gasteiger partial charge on any atom is 0.201 e. The van der Waals surface area contributed by atoms with Crippen molar-refractivity contribution >= 4 is 17.0 Å². The highest BCUT2D eigenvalue weighted by molar-refractivity contribution is 5.80. The molecule has 0 aliphatic carbocycles. The second-order valence-electron chi connectivity index (χ2n) is 4.86. The highest BCUT2D eigenvalue weighted by atomic mass is 15.1. The van der Waals surface area contributed by atoms with Gasteiger partial charge >= 0.3 is 0 Å². The van der Waals surface area contributed by atoms with E-state index in [1.807, 2.05) is 22.8 Å². The summed E-state index contributed by atoms with van der Waals surface area (Å²) >= 11 is 0. The molecule has 3 aromatic rings. The van der Waals surface area contributed by atoms with E-state index in [-0.39, 0.29) is 0 Å². The molecule has 0 spiro atoms. The predicted molar refractivity (Wildman–Crippen MR) is 79.1 cm³/mol. The monoisotopic (exact) mass is 262 g/mol. The Morgan fingerprint density at radius 3 is 2.85 bits per heavy atom. The third-order valence-electron chi connectivity index (χ3n) is 3.33. The van der Waals surface area contributed by atoms with E-state index in [9.17, 15) is 0 Å². The number of nitrogens with two attached hydrogens (primary N) is 1. The summed E-state index contributed by atoms with van der Waals surface area (Å²) in [5.41, 5.74) is 10.7. The number of nitriles is 1. The van der Waals surface area contributed by atoms with Crippen LogP contribution in [0.4, 0.5) is 5.95 Å². The molecule has 2 N–H and O–H groups in total. The molecule has 0 fully saturated rings. The molecule has 0 radical (unpaired) electrons. The lowest BCUT2D eigenvalue weighted by Crippen LogP contribution is -2.04. The van der Waals surface area contributed by atoms with Gasteiger partial charge in [-0.15, -0.1) is 0 Å². The van der Waals surface area contributed by atoms with Gasteiger partial charge in [-0.25, -0.2) is 4.98 Å². The van der Waals surface area contributed by atoms with Crippen molar-refractivity contribution in [1.82, 2.24) is 9.55 Å². The highest BCUT2D eigenvalue weighted by Gasteiger charge is 2.09. The highest BCUT2D eigenvalue weighted by Crippen LogP contribution is 2.21. The van der Waals surface area contributed by atoms with E-state index in [1.165, 1.54) is 11.1 Å². The van der Waals surface area contributed by atoms with Crippen LogP contribution in [0.1, 0.15) is 16.7 Å². The van der Waals surface area contributed by atoms with E-state index in [0.29, 0.717) is 18.1 Å². The van der Waals surface area contributed by atoms with Gasteiger partial charge in [-0.1, -0.05) is 29.8 Å². The first kappa shape index (κ1) is 12.2. The number of aryl methyl sites for hydroxylation is 1. The summed E-state index contributed by atoms with van der Waals surface area (Å²) in [5, 5.41) is 9.01. The van der Waals surface area contributed by atoms with E-state index >= 15 is 0 Å². The Morgan fingerprint density at radius 1 is 1.25 bits per heavy atom. The van der Waals surface area contributed by atoms with Crippen molar-refractivity contribution in [2.24, 2.45) is 0 Å². The van der Waals surface area contributed by atoms with Gasteiger partial charge in [0.2, 0.25) is 5.95 Å². The first-order valence-corrected chi connectivity index (χ1v) is 6.39. The number of benzene rings is 2. The van der Waals surface area contributed by atoms with E-state index in [1.54, 1.807) is 6.07 Å². The maximum atomic E-state index is 9.01. The van der Waals surface area contributed by atoms with Crippen molar-refractivity contribution in [1.29, 1.82) is 5.26 Å². The molecule has 2 aromatic carbocycles. The molecule has 4 heteroatoms. The summed E-state index contributed by atoms with van der Waals surface area (Å²) in [6, 6.07) is 15.8. The van der Waals surface area contributed by atoms with E-state index in [4.69, 9.17) is 11.0 Å². The molecule has 0 aliphatic rings. The second-order valence-corrected chi connectivity index (χ2v) is 4.86. The summed E-state index contributed by atoms with van der Waals surface area (Å²) < 4.78 is 1.94. The zero-order valence-corrected chi connectivity index (χ0v) is 11.2. The third kappa shape index (κ3) is 2.10. The average Bonchev–Trinajstić information content (AvgIpc) is 2.74. The molecule has 1 heterocycles. The summed E-state index contributed by atoms with van der Waals surface area (Å²) in [4.78, 5) is 4.34. The number of imidazole rings is 1. The minimum Gasteiger partial charge on any atom is -0.369 e. The molecule has 4 nitrogen and oxygen atoms in total. The molecule has 0 amide bonds. The molecule has 20 heavy (non-hydrogen) atoms. The van der Waals surface area contributed by atoms with Gasteiger partial charge in [-0.2, -0.15) is 5.26 Å². The van der Waals surface area contributed by atoms with Crippen LogP contribution in [0.25, 0.3) is 11.0 Å². The Kier molecular flexibility index (Phi) is 2.88. The fourth-order valence-corrected chi connectivity index (χ4v) is 2.37. The number of hydrogen-bond donors (Lipinski definition) is 1. The topological polar surface area (TPSA) is 67.6 Å². The predicted octanol–water partition coefficient (Wildman–Crippen LogP) is 2.85. The molecule has 0 bridgehead atoms. The summed E-state index contributed by atoms with van der Waals surface area (Å²) in [5.74, 6) is 0.469. The first-order chi connectivity index (χ1) is 9.67. The molecule has 98 valence electrons. The smallest absolute Gasteiger partial charge is 0.201 e. The Morgan fingerprint density at radius 2 is 2.10 bits per heavy atom. The van der Waals surface area contributed by atoms with Crippen LogP contribution in [0, 0.1) is 18.3 Å². The van der Waals surface area contributed by atoms with Crippen LogP contribution in [-0.2, 0) is 6.54 Å². The van der Waals surface area contributed by atoms with Crippen molar-refractivity contribution in [2.45, 2.75) is 13.5 Å². The van der Waals surface area contributed by atoms with Gasteiger partial charge in [-0.05, 0) is 30.7 Å². The van der Waals surface area contributed by atoms with Gasteiger partial charge in [0.15, 0.2) is 0 Å². The minimum atomic E-state index is 0.469. The zero-order valence-electron chi connectivity index (χ0n) is 11.2. The normalized spacial score (nSPS) is 10.6. The lowest BCUT2D eigenvalue weighted by atomic mass is 10.1. The SMILES string of the molecule is Cc1cccc(Cn2c(N)nc3ccc(C#N)cc32)c1. The summed E-state index contributed by atoms with van der Waals surface area (Å²) in [6.07, 6.45) is 0. The van der Waals surface area contributed by atoms with E-state index < -0.39 is 0 Å². The van der Waals surface area contributed by atoms with Crippen LogP contribution in [0.2, 0.25) is 0 Å². The number of hydrogen-bond acceptors (Lipinski definition) is 3. The van der Waals surface area contributed by atoms with Gasteiger partial charge in [0, 0.05) is 0 Å². The van der Waals surface area contributed by atoms with Crippen molar-refractivity contribution < 1.29 is 0 Å². The van der Waals surface area contributed by atoms with Crippen LogP contribution in [0.5, 0.6) is 0 Å². The van der Waals surface area contributed by atoms with E-state index in [2.05, 4.69) is 36.2 Å². The van der Waals surface area contributed by atoms with Gasteiger partial charge < -0.3 is 10.3 Å². The Labute approximate surface area is 117 Å². The van der Waals surface area contributed by atoms with Gasteiger partial charge in [0.1, 0.15) is 0 Å². The molecule has 0 saturated carbocycles. The Balaban J connectivity index is 2.11. The molecule has 1 aromatic heterocycles. The summed E-state index contributed by atoms with van der Waals surface area (Å²) in [7, 11) is 0. The van der Waals surface area contributed by atoms with Crippen LogP contribution >= 0.6 is 0 Å². The van der Waals surface area contributed by atoms with Gasteiger partial charge in [0.05, 0.1) is 29.2 Å². The van der Waals surface area contributed by atoms with Crippen LogP contribution in [0.3, 0.4) is 0 Å².